The van der Waals surface area contributed by atoms with Crippen molar-refractivity contribution in [2.24, 2.45) is 5.92 Å². The second-order valence-electron chi connectivity index (χ2n) is 7.37. The van der Waals surface area contributed by atoms with Crippen molar-refractivity contribution in [3.8, 4) is 0 Å². The van der Waals surface area contributed by atoms with Gasteiger partial charge in [0.25, 0.3) is 5.91 Å². The summed E-state index contributed by atoms with van der Waals surface area (Å²) in [5, 5.41) is 9.09. The van der Waals surface area contributed by atoms with Gasteiger partial charge in [0.15, 0.2) is 9.84 Å². The second kappa shape index (κ2) is 9.60. The van der Waals surface area contributed by atoms with Crippen LogP contribution in [0.15, 0.2) is 23.1 Å². The van der Waals surface area contributed by atoms with Gasteiger partial charge < -0.3 is 14.9 Å². The molecule has 1 fully saturated rings. The lowest BCUT2D eigenvalue weighted by Crippen LogP contribution is -2.37. The zero-order chi connectivity index (χ0) is 20.9. The number of sulfone groups is 1. The number of halogens is 1. The molecule has 1 N–H and O–H groups in total. The van der Waals surface area contributed by atoms with Gasteiger partial charge in [-0.05, 0) is 43.4 Å². The van der Waals surface area contributed by atoms with E-state index >= 15 is 0 Å². The summed E-state index contributed by atoms with van der Waals surface area (Å²) in [5.74, 6) is 0.199. The van der Waals surface area contributed by atoms with E-state index in [-0.39, 0.29) is 27.1 Å². The summed E-state index contributed by atoms with van der Waals surface area (Å²) in [4.78, 5) is 25.9. The molecule has 0 aromatic heterocycles. The van der Waals surface area contributed by atoms with Crippen LogP contribution in [0.1, 0.15) is 42.5 Å². The van der Waals surface area contributed by atoms with Crippen LogP contribution in [0.3, 0.4) is 0 Å². The molecule has 1 aromatic rings. The number of hydrogen-bond donors (Lipinski definition) is 1. The van der Waals surface area contributed by atoms with Gasteiger partial charge in [0.05, 0.1) is 21.2 Å². The lowest BCUT2D eigenvalue weighted by molar-refractivity contribution is 0.0827. The SMILES string of the molecule is CN(C)C(=O)c1ccc(S(=O)(=O)CCCCC2CCN(C(=O)O)CC2)cc1Cl. The summed E-state index contributed by atoms with van der Waals surface area (Å²) in [7, 11) is -0.252. The number of unbranched alkanes of at least 4 members (excludes halogenated alkanes) is 1. The van der Waals surface area contributed by atoms with Crippen molar-refractivity contribution < 1.29 is 23.1 Å². The number of likely N-dealkylation sites (tertiary alicyclic amines) is 1. The molecule has 28 heavy (non-hydrogen) atoms. The van der Waals surface area contributed by atoms with Crippen LogP contribution in [-0.2, 0) is 9.84 Å². The van der Waals surface area contributed by atoms with Crippen LogP contribution in [0.5, 0.6) is 0 Å². The first kappa shape index (κ1) is 22.5. The molecule has 1 aliphatic rings. The Kier molecular flexibility index (Phi) is 7.71. The Morgan fingerprint density at radius 3 is 2.39 bits per heavy atom. The first-order valence-corrected chi connectivity index (χ1v) is 11.4. The van der Waals surface area contributed by atoms with E-state index in [1.807, 2.05) is 0 Å². The molecule has 0 atom stereocenters. The second-order valence-corrected chi connectivity index (χ2v) is 9.89. The van der Waals surface area contributed by atoms with Crippen LogP contribution in [-0.4, -0.2) is 68.3 Å². The average molecular weight is 431 g/mol. The smallest absolute Gasteiger partial charge is 0.407 e. The molecule has 156 valence electrons. The average Bonchev–Trinajstić information content (AvgIpc) is 2.65. The van der Waals surface area contributed by atoms with Gasteiger partial charge in [-0.1, -0.05) is 24.4 Å². The zero-order valence-electron chi connectivity index (χ0n) is 16.2. The molecule has 1 saturated heterocycles. The Morgan fingerprint density at radius 2 is 1.86 bits per heavy atom. The number of carboxylic acid groups (broad SMARTS) is 1. The maximum Gasteiger partial charge on any atom is 0.407 e. The van der Waals surface area contributed by atoms with Crippen molar-refractivity contribution in [2.75, 3.05) is 32.9 Å². The molecular weight excluding hydrogens is 404 g/mol. The summed E-state index contributed by atoms with van der Waals surface area (Å²) >= 11 is 6.11. The summed E-state index contributed by atoms with van der Waals surface area (Å²) in [6.45, 7) is 1.10. The van der Waals surface area contributed by atoms with Crippen molar-refractivity contribution in [3.05, 3.63) is 28.8 Å². The quantitative estimate of drug-likeness (QED) is 0.669. The van der Waals surface area contributed by atoms with Gasteiger partial charge in [-0.15, -0.1) is 0 Å². The first-order valence-electron chi connectivity index (χ1n) is 9.33. The molecule has 0 saturated carbocycles. The van der Waals surface area contributed by atoms with Gasteiger partial charge in [0, 0.05) is 27.2 Å². The van der Waals surface area contributed by atoms with Crippen molar-refractivity contribution in [2.45, 2.75) is 37.0 Å². The number of benzene rings is 1. The Labute approximate surface area is 171 Å². The van der Waals surface area contributed by atoms with Gasteiger partial charge in [-0.25, -0.2) is 13.2 Å². The maximum atomic E-state index is 12.5. The molecule has 1 aromatic carbocycles. The van der Waals surface area contributed by atoms with Crippen LogP contribution in [0.25, 0.3) is 0 Å². The Morgan fingerprint density at radius 1 is 1.21 bits per heavy atom. The van der Waals surface area contributed by atoms with E-state index in [4.69, 9.17) is 16.7 Å². The van der Waals surface area contributed by atoms with E-state index in [0.717, 1.165) is 25.7 Å². The predicted octanol–water partition coefficient (Wildman–Crippen LogP) is 3.38. The lowest BCUT2D eigenvalue weighted by atomic mass is 9.92. The normalized spacial score (nSPS) is 15.5. The highest BCUT2D eigenvalue weighted by Crippen LogP contribution is 2.25. The molecule has 9 heteroatoms. The molecule has 0 unspecified atom stereocenters. The van der Waals surface area contributed by atoms with Crippen LogP contribution >= 0.6 is 11.6 Å². The van der Waals surface area contributed by atoms with Gasteiger partial charge >= 0.3 is 6.09 Å². The fraction of sp³-hybridized carbons (Fsp3) is 0.579. The van der Waals surface area contributed by atoms with Crippen molar-refractivity contribution in [1.29, 1.82) is 0 Å². The summed E-state index contributed by atoms with van der Waals surface area (Å²) in [5.41, 5.74) is 0.276. The highest BCUT2D eigenvalue weighted by Gasteiger charge is 2.23. The summed E-state index contributed by atoms with van der Waals surface area (Å²) in [6, 6.07) is 4.22. The van der Waals surface area contributed by atoms with Crippen molar-refractivity contribution >= 4 is 33.4 Å². The number of rotatable bonds is 7. The first-order chi connectivity index (χ1) is 13.1. The third-order valence-corrected chi connectivity index (χ3v) is 7.21. The molecular formula is C19H27ClN2O5S. The Balaban J connectivity index is 1.85. The fourth-order valence-corrected chi connectivity index (χ4v) is 5.08. The standard InChI is InChI=1S/C19H27ClN2O5S/c1-21(2)18(23)16-7-6-15(13-17(16)20)28(26,27)12-4-3-5-14-8-10-22(11-9-14)19(24)25/h6-7,13-14H,3-5,8-12H2,1-2H3,(H,24,25). The third kappa shape index (κ3) is 5.85. The summed E-state index contributed by atoms with van der Waals surface area (Å²) < 4.78 is 25.1. The number of amides is 2. The van der Waals surface area contributed by atoms with Crippen molar-refractivity contribution in [1.82, 2.24) is 9.80 Å². The monoisotopic (exact) mass is 430 g/mol. The van der Waals surface area contributed by atoms with E-state index < -0.39 is 15.9 Å². The van der Waals surface area contributed by atoms with Gasteiger partial charge in [-0.2, -0.15) is 0 Å². The Bertz CT molecular complexity index is 818. The van der Waals surface area contributed by atoms with Crippen LogP contribution in [0, 0.1) is 5.92 Å². The van der Waals surface area contributed by atoms with Crippen LogP contribution in [0.4, 0.5) is 4.79 Å². The minimum atomic E-state index is -3.46. The molecule has 1 heterocycles. The van der Waals surface area contributed by atoms with Gasteiger partial charge in [0.1, 0.15) is 0 Å². The van der Waals surface area contributed by atoms with Gasteiger partial charge in [0.2, 0.25) is 0 Å². The van der Waals surface area contributed by atoms with Crippen LogP contribution < -0.4 is 0 Å². The molecule has 0 radical (unpaired) electrons. The van der Waals surface area contributed by atoms with E-state index in [1.165, 1.54) is 28.0 Å². The molecule has 2 amide bonds. The molecule has 0 aliphatic carbocycles. The third-order valence-electron chi connectivity index (χ3n) is 5.10. The van der Waals surface area contributed by atoms with E-state index in [1.54, 1.807) is 14.1 Å². The van der Waals surface area contributed by atoms with Crippen molar-refractivity contribution in [3.63, 3.8) is 0 Å². The minimum absolute atomic E-state index is 0.0261. The van der Waals surface area contributed by atoms with E-state index in [9.17, 15) is 18.0 Å². The van der Waals surface area contributed by atoms with E-state index in [2.05, 4.69) is 0 Å². The summed E-state index contributed by atoms with van der Waals surface area (Å²) in [6.07, 6.45) is 3.01. The number of carbonyl (C=O) groups is 2. The predicted molar refractivity (Wildman–Crippen MR) is 108 cm³/mol. The minimum Gasteiger partial charge on any atom is -0.465 e. The zero-order valence-corrected chi connectivity index (χ0v) is 17.8. The molecule has 1 aliphatic heterocycles. The Hall–Kier alpha value is -1.80. The molecule has 0 bridgehead atoms. The topological polar surface area (TPSA) is 95.0 Å². The van der Waals surface area contributed by atoms with Gasteiger partial charge in [-0.3, -0.25) is 4.79 Å². The number of nitrogens with zero attached hydrogens (tertiary/aromatic N) is 2. The maximum absolute atomic E-state index is 12.5. The number of carbonyl (C=O) groups excluding carboxylic acids is 1. The lowest BCUT2D eigenvalue weighted by Gasteiger charge is -2.29. The molecule has 0 spiro atoms. The van der Waals surface area contributed by atoms with E-state index in [0.29, 0.717) is 25.4 Å². The molecule has 2 rings (SSSR count). The fourth-order valence-electron chi connectivity index (χ4n) is 3.36. The number of piperidine rings is 1. The number of hydrogen-bond acceptors (Lipinski definition) is 4. The highest BCUT2D eigenvalue weighted by molar-refractivity contribution is 7.91. The molecule has 7 nitrogen and oxygen atoms in total. The largest absolute Gasteiger partial charge is 0.465 e. The highest BCUT2D eigenvalue weighted by atomic mass is 35.5. The van der Waals surface area contributed by atoms with Crippen LogP contribution in [0.2, 0.25) is 5.02 Å².